The lowest BCUT2D eigenvalue weighted by Crippen LogP contribution is -2.36. The van der Waals surface area contributed by atoms with E-state index in [9.17, 15) is 18.0 Å². The van der Waals surface area contributed by atoms with Crippen LogP contribution in [0.3, 0.4) is 0 Å². The summed E-state index contributed by atoms with van der Waals surface area (Å²) in [7, 11) is 0. The summed E-state index contributed by atoms with van der Waals surface area (Å²) < 4.78 is 41.9. The fraction of sp³-hybridized carbons (Fsp3) is 0.444. The van der Waals surface area contributed by atoms with Crippen molar-refractivity contribution in [3.8, 4) is 0 Å². The van der Waals surface area contributed by atoms with E-state index >= 15 is 0 Å². The van der Waals surface area contributed by atoms with Gasteiger partial charge in [0, 0.05) is 30.6 Å². The lowest BCUT2D eigenvalue weighted by Gasteiger charge is -2.33. The third-order valence-electron chi connectivity index (χ3n) is 5.07. The number of nitrogens with zero attached hydrogens (tertiary/aromatic N) is 3. The number of anilines is 1. The molecule has 1 N–H and O–H groups in total. The first-order valence-electron chi connectivity index (χ1n) is 8.80. The maximum absolute atomic E-state index is 13.7. The van der Waals surface area contributed by atoms with Crippen LogP contribution in [0.1, 0.15) is 47.4 Å². The van der Waals surface area contributed by atoms with E-state index in [4.69, 9.17) is 11.6 Å². The highest BCUT2D eigenvalue weighted by molar-refractivity contribution is 6.30. The Morgan fingerprint density at radius 3 is 2.48 bits per heavy atom. The van der Waals surface area contributed by atoms with Crippen LogP contribution in [0.5, 0.6) is 0 Å². The number of halogens is 4. The summed E-state index contributed by atoms with van der Waals surface area (Å²) in [6.45, 7) is 1.23. The van der Waals surface area contributed by atoms with Gasteiger partial charge in [-0.05, 0) is 30.5 Å². The topological polar surface area (TPSA) is 50.2 Å². The molecule has 2 aliphatic heterocycles. The highest BCUT2D eigenvalue weighted by Crippen LogP contribution is 2.43. The molecule has 3 heterocycles. The van der Waals surface area contributed by atoms with Crippen LogP contribution in [0.4, 0.5) is 19.0 Å². The molecule has 0 aliphatic carbocycles. The van der Waals surface area contributed by atoms with Crippen LogP contribution >= 0.6 is 11.6 Å². The Morgan fingerprint density at radius 1 is 1.19 bits per heavy atom. The van der Waals surface area contributed by atoms with Gasteiger partial charge in [-0.1, -0.05) is 23.7 Å². The van der Waals surface area contributed by atoms with E-state index in [1.807, 2.05) is 0 Å². The molecule has 1 amide bonds. The Kier molecular flexibility index (Phi) is 4.53. The smallest absolute Gasteiger partial charge is 0.363 e. The van der Waals surface area contributed by atoms with Gasteiger partial charge < -0.3 is 10.2 Å². The second kappa shape index (κ2) is 6.74. The molecule has 1 aromatic heterocycles. The molecule has 0 bridgehead atoms. The summed E-state index contributed by atoms with van der Waals surface area (Å²) in [5.41, 5.74) is 0.749. The normalized spacial score (nSPS) is 22.4. The maximum atomic E-state index is 13.7. The molecule has 1 saturated heterocycles. The Morgan fingerprint density at radius 2 is 1.85 bits per heavy atom. The molecule has 1 fully saturated rings. The summed E-state index contributed by atoms with van der Waals surface area (Å²) in [6, 6.07) is 5.78. The van der Waals surface area contributed by atoms with Gasteiger partial charge >= 0.3 is 6.18 Å². The van der Waals surface area contributed by atoms with Gasteiger partial charge in [-0.25, -0.2) is 4.68 Å². The lowest BCUT2D eigenvalue weighted by atomic mass is 9.97. The summed E-state index contributed by atoms with van der Waals surface area (Å²) in [4.78, 5) is 14.2. The predicted molar refractivity (Wildman–Crippen MR) is 94.9 cm³/mol. The average molecular weight is 399 g/mol. The van der Waals surface area contributed by atoms with Crippen LogP contribution in [0.15, 0.2) is 30.3 Å². The Bertz CT molecular complexity index is 843. The van der Waals surface area contributed by atoms with Crippen molar-refractivity contribution in [2.45, 2.75) is 37.5 Å². The van der Waals surface area contributed by atoms with Crippen LogP contribution in [0, 0.1) is 0 Å². The first kappa shape index (κ1) is 18.2. The minimum Gasteiger partial charge on any atom is -0.363 e. The molecule has 0 unspecified atom stereocenters. The summed E-state index contributed by atoms with van der Waals surface area (Å²) in [6.07, 6.45) is -2.87. The van der Waals surface area contributed by atoms with E-state index < -0.39 is 18.3 Å². The highest BCUT2D eigenvalue weighted by Gasteiger charge is 2.47. The molecule has 27 heavy (non-hydrogen) atoms. The monoisotopic (exact) mass is 398 g/mol. The van der Waals surface area contributed by atoms with Crippen molar-refractivity contribution in [3.63, 3.8) is 0 Å². The van der Waals surface area contributed by atoms with Crippen molar-refractivity contribution < 1.29 is 18.0 Å². The first-order valence-corrected chi connectivity index (χ1v) is 9.18. The predicted octanol–water partition coefficient (Wildman–Crippen LogP) is 4.43. The highest BCUT2D eigenvalue weighted by atomic mass is 35.5. The fourth-order valence-corrected chi connectivity index (χ4v) is 3.80. The molecule has 1 aromatic carbocycles. The van der Waals surface area contributed by atoms with Crippen molar-refractivity contribution in [1.82, 2.24) is 14.7 Å². The zero-order chi connectivity index (χ0) is 19.2. The van der Waals surface area contributed by atoms with E-state index in [0.29, 0.717) is 23.7 Å². The third-order valence-corrected chi connectivity index (χ3v) is 5.33. The molecule has 2 aromatic rings. The molecule has 0 spiro atoms. The standard InChI is InChI=1S/C18H18ClF3N4O/c19-12-5-3-11(4-6-12)13-9-15(18(20,21)22)26-16(23-13)10-14(24-26)17(27)25-7-1-2-8-25/h3-6,10,13,15,23H,1-2,7-9H2/t13-,15-/m0/s1. The molecule has 9 heteroatoms. The van der Waals surface area contributed by atoms with Crippen LogP contribution < -0.4 is 5.32 Å². The zero-order valence-electron chi connectivity index (χ0n) is 14.3. The number of hydrogen-bond donors (Lipinski definition) is 1. The number of rotatable bonds is 2. The van der Waals surface area contributed by atoms with Gasteiger partial charge in [0.05, 0.1) is 6.04 Å². The summed E-state index contributed by atoms with van der Waals surface area (Å²) in [5, 5.41) is 7.61. The molecule has 2 atom stereocenters. The van der Waals surface area contributed by atoms with Crippen molar-refractivity contribution in [1.29, 1.82) is 0 Å². The van der Waals surface area contributed by atoms with Crippen molar-refractivity contribution in [2.75, 3.05) is 18.4 Å². The van der Waals surface area contributed by atoms with Crippen molar-refractivity contribution in [3.05, 3.63) is 46.6 Å². The summed E-state index contributed by atoms with van der Waals surface area (Å²) in [5.74, 6) is -0.119. The number of amides is 1. The number of aromatic nitrogens is 2. The summed E-state index contributed by atoms with van der Waals surface area (Å²) >= 11 is 5.88. The third kappa shape index (κ3) is 3.50. The van der Waals surface area contributed by atoms with Gasteiger partial charge in [0.1, 0.15) is 5.82 Å². The Labute approximate surface area is 159 Å². The molecule has 5 nitrogen and oxygen atoms in total. The van der Waals surface area contributed by atoms with E-state index in [2.05, 4.69) is 10.4 Å². The van der Waals surface area contributed by atoms with Gasteiger partial charge in [-0.15, -0.1) is 0 Å². The molecular formula is C18H18ClF3N4O. The van der Waals surface area contributed by atoms with Crippen LogP contribution in [0.25, 0.3) is 0 Å². The average Bonchev–Trinajstić information content (AvgIpc) is 3.29. The number of nitrogens with one attached hydrogen (secondary N) is 1. The number of benzene rings is 1. The molecule has 0 radical (unpaired) electrons. The number of likely N-dealkylation sites (tertiary alicyclic amines) is 1. The number of hydrogen-bond acceptors (Lipinski definition) is 3. The van der Waals surface area contributed by atoms with Crippen LogP contribution in [0.2, 0.25) is 5.02 Å². The van der Waals surface area contributed by atoms with Crippen LogP contribution in [-0.4, -0.2) is 39.9 Å². The zero-order valence-corrected chi connectivity index (χ0v) is 15.1. The van der Waals surface area contributed by atoms with E-state index in [1.165, 1.54) is 6.07 Å². The van der Waals surface area contributed by atoms with Crippen molar-refractivity contribution >= 4 is 23.3 Å². The second-order valence-electron chi connectivity index (χ2n) is 6.90. The van der Waals surface area contributed by atoms with Gasteiger partial charge in [-0.3, -0.25) is 4.79 Å². The number of alkyl halides is 3. The minimum atomic E-state index is -4.47. The van der Waals surface area contributed by atoms with Gasteiger partial charge in [0.25, 0.3) is 5.91 Å². The SMILES string of the molecule is O=C(c1cc2n(n1)[C@H](C(F)(F)F)C[C@@H](c1ccc(Cl)cc1)N2)N1CCCC1. The van der Waals surface area contributed by atoms with Crippen molar-refractivity contribution in [2.24, 2.45) is 0 Å². The number of carbonyl (C=O) groups excluding carboxylic acids is 1. The maximum Gasteiger partial charge on any atom is 0.410 e. The molecular weight excluding hydrogens is 381 g/mol. The lowest BCUT2D eigenvalue weighted by molar-refractivity contribution is -0.173. The van der Waals surface area contributed by atoms with Gasteiger partial charge in [0.15, 0.2) is 11.7 Å². The molecule has 4 rings (SSSR count). The fourth-order valence-electron chi connectivity index (χ4n) is 3.67. The minimum absolute atomic E-state index is 0.0467. The van der Waals surface area contributed by atoms with E-state index in [0.717, 1.165) is 17.5 Å². The van der Waals surface area contributed by atoms with Gasteiger partial charge in [-0.2, -0.15) is 18.3 Å². The van der Waals surface area contributed by atoms with Crippen LogP contribution in [-0.2, 0) is 0 Å². The molecule has 2 aliphatic rings. The van der Waals surface area contributed by atoms with E-state index in [-0.39, 0.29) is 23.8 Å². The quantitative estimate of drug-likeness (QED) is 0.814. The largest absolute Gasteiger partial charge is 0.410 e. The first-order chi connectivity index (χ1) is 12.8. The van der Waals surface area contributed by atoms with Gasteiger partial charge in [0.2, 0.25) is 0 Å². The number of carbonyl (C=O) groups is 1. The molecule has 0 saturated carbocycles. The number of fused-ring (bicyclic) bond motifs is 1. The van der Waals surface area contributed by atoms with E-state index in [1.54, 1.807) is 29.2 Å². The Balaban J connectivity index is 1.67. The molecule has 144 valence electrons. The second-order valence-corrected chi connectivity index (χ2v) is 7.34. The Hall–Kier alpha value is -2.22.